The Morgan fingerprint density at radius 2 is 2.15 bits per heavy atom. The summed E-state index contributed by atoms with van der Waals surface area (Å²) in [5, 5.41) is 6.47. The van der Waals surface area contributed by atoms with Crippen molar-refractivity contribution in [3.05, 3.63) is 30.0 Å². The Labute approximate surface area is 79.4 Å². The molecular formula is C9H8N2OS. The van der Waals surface area contributed by atoms with E-state index in [1.54, 1.807) is 0 Å². The number of nitrogens with two attached hydrogens (primary N) is 1. The quantitative estimate of drug-likeness (QED) is 0.564. The average molecular weight is 192 g/mol. The molecule has 3 N–H and O–H groups in total. The topological polar surface area (TPSA) is 58.9 Å². The van der Waals surface area contributed by atoms with Gasteiger partial charge in [0.05, 0.1) is 10.6 Å². The number of H-pyrrole nitrogens is 1. The third-order valence-corrected chi connectivity index (χ3v) is 2.60. The molecule has 2 aromatic rings. The van der Waals surface area contributed by atoms with E-state index in [2.05, 4.69) is 4.98 Å². The highest BCUT2D eigenvalue weighted by Crippen LogP contribution is 2.27. The molecule has 0 aliphatic carbocycles. The zero-order chi connectivity index (χ0) is 9.26. The number of aromatic amines is 1. The minimum absolute atomic E-state index is 0.550. The maximum Gasteiger partial charge on any atom is 0.167 e. The molecule has 1 aromatic heterocycles. The van der Waals surface area contributed by atoms with Gasteiger partial charge in [0.2, 0.25) is 0 Å². The van der Waals surface area contributed by atoms with Gasteiger partial charge in [0, 0.05) is 10.9 Å². The molecular weight excluding hydrogens is 184 g/mol. The summed E-state index contributed by atoms with van der Waals surface area (Å²) in [5.41, 5.74) is 1.49. The maximum atomic E-state index is 10.7. The molecule has 0 aliphatic heterocycles. The minimum Gasteiger partial charge on any atom is -0.351 e. The van der Waals surface area contributed by atoms with Crippen molar-refractivity contribution >= 4 is 29.1 Å². The van der Waals surface area contributed by atoms with Crippen LogP contribution in [-0.4, -0.2) is 11.3 Å². The number of aldehydes is 1. The summed E-state index contributed by atoms with van der Waals surface area (Å²) in [5.74, 6) is 0. The molecule has 0 radical (unpaired) electrons. The van der Waals surface area contributed by atoms with Crippen molar-refractivity contribution in [3.63, 3.8) is 0 Å². The summed E-state index contributed by atoms with van der Waals surface area (Å²) < 4.78 is 0. The van der Waals surface area contributed by atoms with E-state index >= 15 is 0 Å². The zero-order valence-corrected chi connectivity index (χ0v) is 7.60. The van der Waals surface area contributed by atoms with Gasteiger partial charge in [0.1, 0.15) is 0 Å². The molecule has 3 nitrogen and oxygen atoms in total. The Balaban J connectivity index is 2.81. The number of aromatic nitrogens is 1. The number of hydrogen-bond donors (Lipinski definition) is 2. The van der Waals surface area contributed by atoms with Crippen molar-refractivity contribution < 1.29 is 4.79 Å². The molecule has 0 saturated heterocycles. The van der Waals surface area contributed by atoms with Crippen LogP contribution in [0.25, 0.3) is 10.9 Å². The number of rotatable bonds is 2. The van der Waals surface area contributed by atoms with E-state index in [0.29, 0.717) is 5.69 Å². The summed E-state index contributed by atoms with van der Waals surface area (Å²) in [7, 11) is 0. The molecule has 0 atom stereocenters. The molecule has 0 unspecified atom stereocenters. The number of benzene rings is 1. The number of carbonyl (C=O) groups excluding carboxylic acids is 1. The number of fused-ring (bicyclic) bond motifs is 1. The van der Waals surface area contributed by atoms with Crippen LogP contribution in [0.2, 0.25) is 0 Å². The third kappa shape index (κ3) is 1.24. The second-order valence-electron chi connectivity index (χ2n) is 2.65. The average Bonchev–Trinajstić information content (AvgIpc) is 2.55. The van der Waals surface area contributed by atoms with E-state index in [9.17, 15) is 4.79 Å². The molecule has 0 fully saturated rings. The van der Waals surface area contributed by atoms with Gasteiger partial charge >= 0.3 is 0 Å². The Bertz CT molecular complexity index is 450. The van der Waals surface area contributed by atoms with Crippen LogP contribution in [0.4, 0.5) is 0 Å². The summed E-state index contributed by atoms with van der Waals surface area (Å²) in [6.45, 7) is 0. The van der Waals surface area contributed by atoms with Crippen LogP contribution in [-0.2, 0) is 0 Å². The number of hydrogen-bond acceptors (Lipinski definition) is 3. The SMILES string of the molecule is NSc1c(C=O)[nH]c2ccccc12. The predicted octanol–water partition coefficient (Wildman–Crippen LogP) is 1.95. The highest BCUT2D eigenvalue weighted by Gasteiger charge is 2.08. The molecule has 2 rings (SSSR count). The van der Waals surface area contributed by atoms with Crippen LogP contribution in [0.3, 0.4) is 0 Å². The smallest absolute Gasteiger partial charge is 0.167 e. The minimum atomic E-state index is 0.550. The van der Waals surface area contributed by atoms with Crippen molar-refractivity contribution in [2.45, 2.75) is 4.90 Å². The molecule has 66 valence electrons. The van der Waals surface area contributed by atoms with E-state index in [0.717, 1.165) is 34.0 Å². The zero-order valence-electron chi connectivity index (χ0n) is 6.78. The van der Waals surface area contributed by atoms with Crippen molar-refractivity contribution in [2.24, 2.45) is 5.14 Å². The largest absolute Gasteiger partial charge is 0.351 e. The summed E-state index contributed by atoms with van der Waals surface area (Å²) in [6.07, 6.45) is 0.787. The van der Waals surface area contributed by atoms with Crippen molar-refractivity contribution in [2.75, 3.05) is 0 Å². The normalized spacial score (nSPS) is 10.5. The van der Waals surface area contributed by atoms with Gasteiger partial charge in [0.25, 0.3) is 0 Å². The van der Waals surface area contributed by atoms with E-state index in [-0.39, 0.29) is 0 Å². The molecule has 0 saturated carbocycles. The number of nitrogens with one attached hydrogen (secondary N) is 1. The first-order valence-electron chi connectivity index (χ1n) is 3.79. The van der Waals surface area contributed by atoms with Gasteiger partial charge in [0.15, 0.2) is 6.29 Å². The Morgan fingerprint density at radius 3 is 2.85 bits per heavy atom. The lowest BCUT2D eigenvalue weighted by atomic mass is 10.2. The third-order valence-electron chi connectivity index (χ3n) is 1.92. The van der Waals surface area contributed by atoms with Gasteiger partial charge in [-0.15, -0.1) is 0 Å². The standard InChI is InChI=1S/C9H8N2OS/c10-13-9-6-3-1-2-4-7(6)11-8(9)5-12/h1-5,11H,10H2. The van der Waals surface area contributed by atoms with Crippen LogP contribution in [0.1, 0.15) is 10.5 Å². The van der Waals surface area contributed by atoms with Crippen LogP contribution >= 0.6 is 11.9 Å². The first-order chi connectivity index (χ1) is 6.36. The molecule has 1 aromatic carbocycles. The van der Waals surface area contributed by atoms with Gasteiger partial charge in [-0.3, -0.25) is 9.93 Å². The Morgan fingerprint density at radius 1 is 1.38 bits per heavy atom. The van der Waals surface area contributed by atoms with Crippen LogP contribution < -0.4 is 5.14 Å². The Hall–Kier alpha value is -1.26. The van der Waals surface area contributed by atoms with Gasteiger partial charge in [-0.05, 0) is 18.0 Å². The molecule has 0 bridgehead atoms. The second-order valence-corrected chi connectivity index (χ2v) is 3.29. The highest BCUT2D eigenvalue weighted by atomic mass is 32.2. The monoisotopic (exact) mass is 192 g/mol. The summed E-state index contributed by atoms with van der Waals surface area (Å²) >= 11 is 1.09. The lowest BCUT2D eigenvalue weighted by Gasteiger charge is -1.91. The second kappa shape index (κ2) is 3.24. The van der Waals surface area contributed by atoms with E-state index < -0.39 is 0 Å². The van der Waals surface area contributed by atoms with Gasteiger partial charge < -0.3 is 4.98 Å². The van der Waals surface area contributed by atoms with Crippen molar-refractivity contribution in [1.82, 2.24) is 4.98 Å². The van der Waals surface area contributed by atoms with Gasteiger partial charge in [-0.2, -0.15) is 0 Å². The fourth-order valence-electron chi connectivity index (χ4n) is 1.35. The Kier molecular flexibility index (Phi) is 2.08. The lowest BCUT2D eigenvalue weighted by Crippen LogP contribution is -1.84. The first kappa shape index (κ1) is 8.34. The van der Waals surface area contributed by atoms with Gasteiger partial charge in [-0.25, -0.2) is 0 Å². The van der Waals surface area contributed by atoms with Crippen molar-refractivity contribution in [3.8, 4) is 0 Å². The highest BCUT2D eigenvalue weighted by molar-refractivity contribution is 7.97. The summed E-state index contributed by atoms with van der Waals surface area (Å²) in [6, 6.07) is 7.69. The molecule has 1 heterocycles. The molecule has 0 aliphatic rings. The molecule has 4 heteroatoms. The maximum absolute atomic E-state index is 10.7. The predicted molar refractivity (Wildman–Crippen MR) is 53.7 cm³/mol. The molecule has 0 spiro atoms. The molecule has 0 amide bonds. The van der Waals surface area contributed by atoms with Crippen LogP contribution in [0.15, 0.2) is 29.2 Å². The van der Waals surface area contributed by atoms with E-state index in [4.69, 9.17) is 5.14 Å². The van der Waals surface area contributed by atoms with Gasteiger partial charge in [-0.1, -0.05) is 18.2 Å². The lowest BCUT2D eigenvalue weighted by molar-refractivity contribution is 0.111. The number of carbonyl (C=O) groups is 1. The van der Waals surface area contributed by atoms with E-state index in [1.165, 1.54) is 0 Å². The fraction of sp³-hybridized carbons (Fsp3) is 0. The molecule has 13 heavy (non-hydrogen) atoms. The summed E-state index contributed by atoms with van der Waals surface area (Å²) in [4.78, 5) is 14.5. The first-order valence-corrected chi connectivity index (χ1v) is 4.67. The fourth-order valence-corrected chi connectivity index (χ4v) is 1.88. The van der Waals surface area contributed by atoms with E-state index in [1.807, 2.05) is 24.3 Å². The van der Waals surface area contributed by atoms with Crippen LogP contribution in [0, 0.1) is 0 Å². The van der Waals surface area contributed by atoms with Crippen LogP contribution in [0.5, 0.6) is 0 Å². The van der Waals surface area contributed by atoms with Crippen molar-refractivity contribution in [1.29, 1.82) is 0 Å². The number of para-hydroxylation sites is 1.